The van der Waals surface area contributed by atoms with Gasteiger partial charge >= 0.3 is 12.0 Å². The van der Waals surface area contributed by atoms with Crippen LogP contribution in [-0.2, 0) is 14.3 Å². The molecule has 1 unspecified atom stereocenters. The van der Waals surface area contributed by atoms with E-state index in [-0.39, 0.29) is 18.5 Å². The zero-order valence-corrected chi connectivity index (χ0v) is 21.6. The number of carbonyl (C=O) groups is 3. The lowest BCUT2D eigenvalue weighted by molar-refractivity contribution is -0.139. The first-order chi connectivity index (χ1) is 17.9. The lowest BCUT2D eigenvalue weighted by Gasteiger charge is -2.40. The maximum atomic E-state index is 13.4. The molecule has 1 saturated heterocycles. The van der Waals surface area contributed by atoms with Crippen molar-refractivity contribution in [2.75, 3.05) is 45.9 Å². The fourth-order valence-electron chi connectivity index (χ4n) is 4.72. The van der Waals surface area contributed by atoms with E-state index in [4.69, 9.17) is 9.47 Å². The molecule has 37 heavy (non-hydrogen) atoms. The number of hydrogen-bond donors (Lipinski definition) is 1. The van der Waals surface area contributed by atoms with Crippen LogP contribution in [0, 0.1) is 0 Å². The van der Waals surface area contributed by atoms with Gasteiger partial charge in [-0.2, -0.15) is 0 Å². The van der Waals surface area contributed by atoms with Crippen LogP contribution in [0.15, 0.2) is 65.9 Å². The SMILES string of the molecule is CCOC(=O)C1=C(CN2CCN(C(C)=O)CC2)N(CC)C(=O)NC1c1cccc(Oc2ccccc2)c1. The van der Waals surface area contributed by atoms with Crippen molar-refractivity contribution in [1.29, 1.82) is 0 Å². The number of benzene rings is 2. The quantitative estimate of drug-likeness (QED) is 0.551. The van der Waals surface area contributed by atoms with E-state index >= 15 is 0 Å². The number of likely N-dealkylation sites (N-methyl/N-ethyl adjacent to an activating group) is 1. The van der Waals surface area contributed by atoms with Crippen molar-refractivity contribution in [2.24, 2.45) is 0 Å². The predicted molar refractivity (Wildman–Crippen MR) is 139 cm³/mol. The van der Waals surface area contributed by atoms with Crippen LogP contribution in [0.25, 0.3) is 0 Å². The van der Waals surface area contributed by atoms with Gasteiger partial charge in [0.2, 0.25) is 5.91 Å². The maximum absolute atomic E-state index is 13.4. The summed E-state index contributed by atoms with van der Waals surface area (Å²) in [5.74, 6) is 0.880. The van der Waals surface area contributed by atoms with Crippen LogP contribution in [0.5, 0.6) is 11.5 Å². The van der Waals surface area contributed by atoms with E-state index in [1.54, 1.807) is 18.7 Å². The van der Waals surface area contributed by atoms with Gasteiger partial charge in [0.1, 0.15) is 11.5 Å². The van der Waals surface area contributed by atoms with Crippen LogP contribution in [0.1, 0.15) is 32.4 Å². The zero-order chi connectivity index (χ0) is 26.4. The van der Waals surface area contributed by atoms with E-state index < -0.39 is 12.0 Å². The Morgan fingerprint density at radius 3 is 2.32 bits per heavy atom. The van der Waals surface area contributed by atoms with Gasteiger partial charge in [0.25, 0.3) is 0 Å². The molecular weight excluding hydrogens is 472 g/mol. The number of ether oxygens (including phenoxy) is 2. The number of rotatable bonds is 8. The standard InChI is InChI=1S/C28H34N4O5/c1-4-32-24(19-30-14-16-31(17-15-30)20(3)33)25(27(34)36-5-2)26(29-28(32)35)21-10-9-13-23(18-21)37-22-11-7-6-8-12-22/h6-13,18,26H,4-5,14-17,19H2,1-3H3,(H,29,35). The normalized spacial score (nSPS) is 18.5. The van der Waals surface area contributed by atoms with Crippen LogP contribution in [-0.4, -0.2) is 78.5 Å². The Balaban J connectivity index is 1.69. The molecule has 196 valence electrons. The largest absolute Gasteiger partial charge is 0.463 e. The highest BCUT2D eigenvalue weighted by atomic mass is 16.5. The first-order valence-electron chi connectivity index (χ1n) is 12.7. The van der Waals surface area contributed by atoms with Crippen LogP contribution in [0.4, 0.5) is 4.79 Å². The molecule has 1 N–H and O–H groups in total. The number of amides is 3. The summed E-state index contributed by atoms with van der Waals surface area (Å²) in [7, 11) is 0. The summed E-state index contributed by atoms with van der Waals surface area (Å²) in [6.45, 7) is 8.77. The van der Waals surface area contributed by atoms with Crippen LogP contribution < -0.4 is 10.1 Å². The molecule has 9 heteroatoms. The van der Waals surface area contributed by atoms with E-state index in [2.05, 4.69) is 10.2 Å². The number of esters is 1. The molecule has 0 spiro atoms. The summed E-state index contributed by atoms with van der Waals surface area (Å²) < 4.78 is 11.5. The molecule has 0 aromatic heterocycles. The molecule has 3 amide bonds. The number of hydrogen-bond acceptors (Lipinski definition) is 6. The van der Waals surface area contributed by atoms with Gasteiger partial charge in [-0.15, -0.1) is 0 Å². The van der Waals surface area contributed by atoms with Crippen molar-refractivity contribution in [2.45, 2.75) is 26.8 Å². The second kappa shape index (κ2) is 11.9. The fourth-order valence-corrected chi connectivity index (χ4v) is 4.72. The minimum Gasteiger partial charge on any atom is -0.463 e. The number of piperazine rings is 1. The summed E-state index contributed by atoms with van der Waals surface area (Å²) in [5.41, 5.74) is 1.76. The Bertz CT molecular complexity index is 1160. The van der Waals surface area contributed by atoms with Crippen molar-refractivity contribution in [3.8, 4) is 11.5 Å². The van der Waals surface area contributed by atoms with Gasteiger partial charge in [0, 0.05) is 51.9 Å². The van der Waals surface area contributed by atoms with Gasteiger partial charge < -0.3 is 19.7 Å². The molecule has 0 bridgehead atoms. The molecule has 2 aromatic carbocycles. The third kappa shape index (κ3) is 6.11. The number of nitrogens with zero attached hydrogens (tertiary/aromatic N) is 3. The zero-order valence-electron chi connectivity index (χ0n) is 21.6. The summed E-state index contributed by atoms with van der Waals surface area (Å²) in [5, 5.41) is 3.00. The van der Waals surface area contributed by atoms with Crippen LogP contribution in [0.3, 0.4) is 0 Å². The first kappa shape index (κ1) is 26.2. The van der Waals surface area contributed by atoms with Gasteiger partial charge in [0.15, 0.2) is 0 Å². The minimum absolute atomic E-state index is 0.0518. The molecule has 0 radical (unpaired) electrons. The van der Waals surface area contributed by atoms with Gasteiger partial charge in [-0.3, -0.25) is 14.6 Å². The van der Waals surface area contributed by atoms with Crippen molar-refractivity contribution in [1.82, 2.24) is 20.0 Å². The van der Waals surface area contributed by atoms with Gasteiger partial charge in [-0.1, -0.05) is 30.3 Å². The summed E-state index contributed by atoms with van der Waals surface area (Å²) >= 11 is 0. The molecular formula is C28H34N4O5. The topological polar surface area (TPSA) is 91.4 Å². The molecule has 2 aliphatic heterocycles. The Morgan fingerprint density at radius 2 is 1.68 bits per heavy atom. The molecule has 0 saturated carbocycles. The highest BCUT2D eigenvalue weighted by molar-refractivity contribution is 5.95. The predicted octanol–water partition coefficient (Wildman–Crippen LogP) is 3.55. The Hall–Kier alpha value is -3.85. The van der Waals surface area contributed by atoms with Crippen molar-refractivity contribution < 1.29 is 23.9 Å². The van der Waals surface area contributed by atoms with E-state index in [9.17, 15) is 14.4 Å². The summed E-state index contributed by atoms with van der Waals surface area (Å²) in [4.78, 5) is 43.9. The Kier molecular flexibility index (Phi) is 8.45. The summed E-state index contributed by atoms with van der Waals surface area (Å²) in [6, 6.07) is 15.8. The number of para-hydroxylation sites is 1. The van der Waals surface area contributed by atoms with Crippen LogP contribution in [0.2, 0.25) is 0 Å². The van der Waals surface area contributed by atoms with Gasteiger partial charge in [0.05, 0.1) is 18.2 Å². The van der Waals surface area contributed by atoms with Crippen molar-refractivity contribution >= 4 is 17.9 Å². The molecule has 1 atom stereocenters. The lowest BCUT2D eigenvalue weighted by Crippen LogP contribution is -2.53. The maximum Gasteiger partial charge on any atom is 0.338 e. The number of nitrogens with one attached hydrogen (secondary N) is 1. The summed E-state index contributed by atoms with van der Waals surface area (Å²) in [6.07, 6.45) is 0. The second-order valence-electron chi connectivity index (χ2n) is 8.98. The molecule has 2 heterocycles. The second-order valence-corrected chi connectivity index (χ2v) is 8.98. The highest BCUT2D eigenvalue weighted by Crippen LogP contribution is 2.34. The Morgan fingerprint density at radius 1 is 0.973 bits per heavy atom. The van der Waals surface area contributed by atoms with Gasteiger partial charge in [-0.05, 0) is 43.7 Å². The van der Waals surface area contributed by atoms with E-state index in [1.807, 2.05) is 66.4 Å². The van der Waals surface area contributed by atoms with Crippen molar-refractivity contribution in [3.63, 3.8) is 0 Å². The molecule has 2 aromatic rings. The smallest absolute Gasteiger partial charge is 0.338 e. The van der Waals surface area contributed by atoms with E-state index in [0.29, 0.717) is 62.0 Å². The highest BCUT2D eigenvalue weighted by Gasteiger charge is 2.38. The third-order valence-corrected chi connectivity index (χ3v) is 6.61. The molecule has 4 rings (SSSR count). The van der Waals surface area contributed by atoms with E-state index in [1.165, 1.54) is 0 Å². The van der Waals surface area contributed by atoms with Crippen molar-refractivity contribution in [3.05, 3.63) is 71.4 Å². The average Bonchev–Trinajstić information content (AvgIpc) is 2.89. The monoisotopic (exact) mass is 506 g/mol. The molecule has 0 aliphatic carbocycles. The molecule has 1 fully saturated rings. The molecule has 2 aliphatic rings. The number of carbonyl (C=O) groups excluding carboxylic acids is 3. The third-order valence-electron chi connectivity index (χ3n) is 6.61. The fraction of sp³-hybridized carbons (Fsp3) is 0.393. The van der Waals surface area contributed by atoms with Gasteiger partial charge in [-0.25, -0.2) is 9.59 Å². The molecule has 9 nitrogen and oxygen atoms in total. The first-order valence-corrected chi connectivity index (χ1v) is 12.7. The number of urea groups is 1. The van der Waals surface area contributed by atoms with Crippen LogP contribution >= 0.6 is 0 Å². The Labute approximate surface area is 217 Å². The minimum atomic E-state index is -0.692. The average molecular weight is 507 g/mol. The lowest BCUT2D eigenvalue weighted by atomic mass is 9.94. The van der Waals surface area contributed by atoms with E-state index in [0.717, 1.165) is 5.56 Å².